The van der Waals surface area contributed by atoms with E-state index < -0.39 is 10.0 Å². The van der Waals surface area contributed by atoms with E-state index in [1.165, 1.54) is 6.07 Å². The van der Waals surface area contributed by atoms with Crippen LogP contribution in [-0.2, 0) is 19.6 Å². The van der Waals surface area contributed by atoms with Crippen molar-refractivity contribution in [2.45, 2.75) is 30.6 Å². The number of para-hydroxylation sites is 1. The van der Waals surface area contributed by atoms with Crippen molar-refractivity contribution in [1.29, 1.82) is 0 Å². The second-order valence-corrected chi connectivity index (χ2v) is 6.83. The van der Waals surface area contributed by atoms with Gasteiger partial charge in [0.05, 0.1) is 5.69 Å². The molecule has 0 bridgehead atoms. The summed E-state index contributed by atoms with van der Waals surface area (Å²) in [5.41, 5.74) is 0.435. The van der Waals surface area contributed by atoms with Gasteiger partial charge in [-0.15, -0.1) is 0 Å². The number of hydrogen-bond acceptors (Lipinski definition) is 5. The summed E-state index contributed by atoms with van der Waals surface area (Å²) in [5, 5.41) is 2.79. The molecule has 0 radical (unpaired) electrons. The van der Waals surface area contributed by atoms with Crippen LogP contribution < -0.4 is 10.0 Å². The first-order valence-corrected chi connectivity index (χ1v) is 8.96. The fourth-order valence-corrected chi connectivity index (χ4v) is 3.43. The van der Waals surface area contributed by atoms with Gasteiger partial charge in [0.25, 0.3) is 10.0 Å². The normalized spacial score (nSPS) is 15.3. The average molecular weight is 339 g/mol. The highest BCUT2D eigenvalue weighted by molar-refractivity contribution is 7.90. The maximum Gasteiger partial charge on any atom is 0.264 e. The molecular weight excluding hydrogens is 318 g/mol. The van der Waals surface area contributed by atoms with Gasteiger partial charge >= 0.3 is 0 Å². The van der Waals surface area contributed by atoms with E-state index in [-0.39, 0.29) is 10.8 Å². The molecule has 0 aliphatic carbocycles. The number of carbonyl (C=O) groups is 1. The van der Waals surface area contributed by atoms with Crippen molar-refractivity contribution in [3.05, 3.63) is 24.3 Å². The molecule has 0 aromatic heterocycles. The van der Waals surface area contributed by atoms with Gasteiger partial charge in [0.1, 0.15) is 10.7 Å². The molecule has 2 N–H and O–H groups in total. The van der Waals surface area contributed by atoms with E-state index in [9.17, 15) is 13.2 Å². The number of carbonyl (C=O) groups excluding carboxylic acids is 1. The van der Waals surface area contributed by atoms with Crippen LogP contribution in [0.3, 0.4) is 0 Å². The predicted octanol–water partition coefficient (Wildman–Crippen LogP) is 1.33. The smallest absolute Gasteiger partial charge is 0.264 e. The zero-order chi connectivity index (χ0) is 16.7. The highest BCUT2D eigenvalue weighted by Gasteiger charge is 2.24. The topological polar surface area (TPSA) is 96.9 Å². The number of nitrogens with one attached hydrogen (secondary N) is 2. The highest BCUT2D eigenvalue weighted by atomic mass is 32.2. The van der Waals surface area contributed by atoms with Gasteiger partial charge in [0.2, 0.25) is 5.91 Å². The Balaban J connectivity index is 1.83. The molecule has 126 valence electrons. The summed E-state index contributed by atoms with van der Waals surface area (Å²) in [5.74, 6) is 0.316. The van der Waals surface area contributed by atoms with Crippen molar-refractivity contribution in [2.24, 2.45) is 4.99 Å². The number of sulfonamides is 1. The lowest BCUT2D eigenvalue weighted by Gasteiger charge is -2.17. The van der Waals surface area contributed by atoms with Gasteiger partial charge in [0, 0.05) is 33.1 Å². The summed E-state index contributed by atoms with van der Waals surface area (Å²) in [6.07, 6.45) is 2.03. The third-order valence-corrected chi connectivity index (χ3v) is 4.76. The summed E-state index contributed by atoms with van der Waals surface area (Å²) in [6.45, 7) is 1.19. The third-order valence-electron chi connectivity index (χ3n) is 3.33. The number of methoxy groups -OCH3 is 1. The standard InChI is InChI=1S/C15H21N3O4S/c1-22-11-5-10-16-15(19)9-4-8-14-17-12-6-2-3-7-13(12)23(20,21)18-14/h2-3,6-7H,4-5,8-11H2,1H3,(H,16,19)(H,17,18). The van der Waals surface area contributed by atoms with E-state index in [1.807, 2.05) is 0 Å². The minimum absolute atomic E-state index is 0.0548. The summed E-state index contributed by atoms with van der Waals surface area (Å²) < 4.78 is 31.6. The molecule has 1 aromatic rings. The Bertz CT molecular complexity index is 686. The lowest BCUT2D eigenvalue weighted by atomic mass is 10.2. The molecule has 1 aliphatic heterocycles. The third kappa shape index (κ3) is 5.04. The van der Waals surface area contributed by atoms with Gasteiger partial charge in [-0.25, -0.2) is 13.4 Å². The van der Waals surface area contributed by atoms with Crippen LogP contribution in [0, 0.1) is 0 Å². The monoisotopic (exact) mass is 339 g/mol. The summed E-state index contributed by atoms with van der Waals surface area (Å²) in [7, 11) is -1.94. The van der Waals surface area contributed by atoms with Gasteiger partial charge in [0.15, 0.2) is 0 Å². The van der Waals surface area contributed by atoms with Crippen molar-refractivity contribution in [3.8, 4) is 0 Å². The van der Waals surface area contributed by atoms with E-state index in [2.05, 4.69) is 15.0 Å². The molecule has 2 rings (SSSR count). The number of amidine groups is 1. The van der Waals surface area contributed by atoms with E-state index in [4.69, 9.17) is 4.74 Å². The van der Waals surface area contributed by atoms with E-state index in [0.717, 1.165) is 6.42 Å². The molecule has 1 aliphatic rings. The quantitative estimate of drug-likeness (QED) is 0.698. The number of rotatable bonds is 8. The first-order valence-electron chi connectivity index (χ1n) is 7.48. The maximum absolute atomic E-state index is 12.1. The molecule has 0 unspecified atom stereocenters. The van der Waals surface area contributed by atoms with Crippen LogP contribution in [0.5, 0.6) is 0 Å². The molecule has 0 spiro atoms. The van der Waals surface area contributed by atoms with E-state index in [0.29, 0.717) is 43.9 Å². The van der Waals surface area contributed by atoms with Crippen LogP contribution in [0.25, 0.3) is 0 Å². The van der Waals surface area contributed by atoms with Gasteiger partial charge in [-0.2, -0.15) is 0 Å². The first-order chi connectivity index (χ1) is 11.0. The van der Waals surface area contributed by atoms with Gasteiger partial charge in [-0.1, -0.05) is 12.1 Å². The van der Waals surface area contributed by atoms with Crippen LogP contribution >= 0.6 is 0 Å². The van der Waals surface area contributed by atoms with Crippen LogP contribution in [0.4, 0.5) is 5.69 Å². The molecular formula is C15H21N3O4S. The van der Waals surface area contributed by atoms with Gasteiger partial charge in [-0.3, -0.25) is 9.52 Å². The molecule has 0 fully saturated rings. The average Bonchev–Trinajstić information content (AvgIpc) is 2.51. The second-order valence-electron chi connectivity index (χ2n) is 5.18. The number of fused-ring (bicyclic) bond motifs is 1. The Morgan fingerprint density at radius 2 is 2.09 bits per heavy atom. The number of aliphatic imine (C=N–C) groups is 1. The molecule has 1 heterocycles. The zero-order valence-corrected chi connectivity index (χ0v) is 13.9. The van der Waals surface area contributed by atoms with Crippen molar-refractivity contribution < 1.29 is 17.9 Å². The molecule has 1 amide bonds. The molecule has 0 saturated carbocycles. The summed E-state index contributed by atoms with van der Waals surface area (Å²) in [6, 6.07) is 6.59. The SMILES string of the molecule is COCCCNC(=O)CCCC1=Nc2ccccc2S(=O)(=O)N1. The Morgan fingerprint density at radius 1 is 1.30 bits per heavy atom. The molecule has 0 atom stereocenters. The van der Waals surface area contributed by atoms with Crippen molar-refractivity contribution in [1.82, 2.24) is 10.0 Å². The minimum Gasteiger partial charge on any atom is -0.385 e. The number of benzene rings is 1. The Morgan fingerprint density at radius 3 is 2.87 bits per heavy atom. The summed E-state index contributed by atoms with van der Waals surface area (Å²) >= 11 is 0. The van der Waals surface area contributed by atoms with Gasteiger partial charge < -0.3 is 10.1 Å². The Hall–Kier alpha value is -1.93. The minimum atomic E-state index is -3.56. The van der Waals surface area contributed by atoms with Crippen molar-refractivity contribution in [2.75, 3.05) is 20.3 Å². The first kappa shape index (κ1) is 17.4. The largest absolute Gasteiger partial charge is 0.385 e. The lowest BCUT2D eigenvalue weighted by molar-refractivity contribution is -0.121. The molecule has 0 saturated heterocycles. The van der Waals surface area contributed by atoms with Crippen molar-refractivity contribution >= 4 is 27.5 Å². The molecule has 8 heteroatoms. The van der Waals surface area contributed by atoms with Crippen molar-refractivity contribution in [3.63, 3.8) is 0 Å². The molecule has 23 heavy (non-hydrogen) atoms. The maximum atomic E-state index is 12.1. The Kier molecular flexibility index (Phi) is 6.12. The molecule has 1 aromatic carbocycles. The van der Waals surface area contributed by atoms with Crippen LogP contribution in [0.15, 0.2) is 34.2 Å². The number of ether oxygens (including phenoxy) is 1. The fourth-order valence-electron chi connectivity index (χ4n) is 2.21. The fraction of sp³-hybridized carbons (Fsp3) is 0.467. The molecule has 7 nitrogen and oxygen atoms in total. The zero-order valence-electron chi connectivity index (χ0n) is 13.0. The van der Waals surface area contributed by atoms with E-state index >= 15 is 0 Å². The Labute approximate surface area is 136 Å². The van der Waals surface area contributed by atoms with Crippen LogP contribution in [-0.4, -0.2) is 40.4 Å². The lowest BCUT2D eigenvalue weighted by Crippen LogP contribution is -2.33. The van der Waals surface area contributed by atoms with Crippen LogP contribution in [0.2, 0.25) is 0 Å². The number of amides is 1. The predicted molar refractivity (Wildman–Crippen MR) is 87.2 cm³/mol. The summed E-state index contributed by atoms with van der Waals surface area (Å²) in [4.78, 5) is 16.1. The number of hydrogen-bond donors (Lipinski definition) is 2. The van der Waals surface area contributed by atoms with Crippen LogP contribution in [0.1, 0.15) is 25.7 Å². The number of nitrogens with zero attached hydrogens (tertiary/aromatic N) is 1. The second kappa shape index (κ2) is 8.07. The highest BCUT2D eigenvalue weighted by Crippen LogP contribution is 2.27. The van der Waals surface area contributed by atoms with Gasteiger partial charge in [-0.05, 0) is 25.0 Å². The van der Waals surface area contributed by atoms with E-state index in [1.54, 1.807) is 25.3 Å².